The van der Waals surface area contributed by atoms with E-state index in [9.17, 15) is 4.79 Å². The predicted octanol–water partition coefficient (Wildman–Crippen LogP) is 2.23. The molecule has 0 unspecified atom stereocenters. The van der Waals surface area contributed by atoms with Crippen LogP contribution in [0, 0.1) is 0 Å². The molecule has 1 saturated heterocycles. The van der Waals surface area contributed by atoms with Gasteiger partial charge in [0.05, 0.1) is 0 Å². The monoisotopic (exact) mass is 483 g/mol. The van der Waals surface area contributed by atoms with Gasteiger partial charge in [-0.05, 0) is 25.0 Å². The molecule has 1 fully saturated rings. The van der Waals surface area contributed by atoms with E-state index in [1.54, 1.807) is 7.05 Å². The zero-order chi connectivity index (χ0) is 18.2. The van der Waals surface area contributed by atoms with E-state index in [1.807, 2.05) is 11.0 Å². The average molecular weight is 483 g/mol. The molecule has 3 rings (SSSR count). The van der Waals surface area contributed by atoms with Gasteiger partial charge < -0.3 is 20.4 Å². The van der Waals surface area contributed by atoms with E-state index in [-0.39, 0.29) is 29.9 Å². The van der Waals surface area contributed by atoms with Gasteiger partial charge in [-0.15, -0.1) is 24.0 Å². The third kappa shape index (κ3) is 6.41. The largest absolute Gasteiger partial charge is 0.368 e. The first-order chi connectivity index (χ1) is 12.8. The Bertz CT molecular complexity index is 633. The van der Waals surface area contributed by atoms with Crippen LogP contribution in [0.3, 0.4) is 0 Å². The van der Waals surface area contributed by atoms with Gasteiger partial charge in [0.15, 0.2) is 5.96 Å². The van der Waals surface area contributed by atoms with Crippen molar-refractivity contribution in [2.45, 2.75) is 25.3 Å². The highest BCUT2D eigenvalue weighted by Crippen LogP contribution is 2.15. The van der Waals surface area contributed by atoms with E-state index in [0.717, 1.165) is 45.0 Å². The molecule has 2 N–H and O–H groups in total. The number of anilines is 1. The summed E-state index contributed by atoms with van der Waals surface area (Å²) < 4.78 is 0. The Labute approximate surface area is 179 Å². The molecule has 1 aromatic carbocycles. The molecule has 2 aliphatic rings. The summed E-state index contributed by atoms with van der Waals surface area (Å²) >= 11 is 0. The van der Waals surface area contributed by atoms with Gasteiger partial charge in [0.25, 0.3) is 0 Å². The number of guanidine groups is 1. The lowest BCUT2D eigenvalue weighted by atomic mass is 10.2. The van der Waals surface area contributed by atoms with Crippen LogP contribution in [0.1, 0.15) is 19.3 Å². The molecule has 1 amide bonds. The van der Waals surface area contributed by atoms with E-state index in [2.05, 4.69) is 56.9 Å². The van der Waals surface area contributed by atoms with Gasteiger partial charge in [0.1, 0.15) is 0 Å². The lowest BCUT2D eigenvalue weighted by Crippen LogP contribution is -2.49. The molecule has 1 aliphatic heterocycles. The van der Waals surface area contributed by atoms with E-state index >= 15 is 0 Å². The van der Waals surface area contributed by atoms with Gasteiger partial charge >= 0.3 is 0 Å². The van der Waals surface area contributed by atoms with Crippen LogP contribution in [0.2, 0.25) is 0 Å². The number of aliphatic imine (C=N–C) groups is 1. The molecule has 1 aliphatic carbocycles. The standard InChI is InChI=1S/C20H29N5O.HI/c1-21-20(23-17-7-5-6-8-17)22-12-11-19(26)25-15-13-24(14-16-25)18-9-3-2-4-10-18;/h2-6,9-10,17H,7-8,11-16H2,1H3,(H2,21,22,23);1H. The fourth-order valence-electron chi connectivity index (χ4n) is 3.42. The number of benzene rings is 1. The number of nitrogens with zero attached hydrogens (tertiary/aromatic N) is 3. The molecule has 0 bridgehead atoms. The van der Waals surface area contributed by atoms with Crippen LogP contribution in [0.15, 0.2) is 47.5 Å². The smallest absolute Gasteiger partial charge is 0.224 e. The number of hydrogen-bond donors (Lipinski definition) is 2. The maximum Gasteiger partial charge on any atom is 0.224 e. The summed E-state index contributed by atoms with van der Waals surface area (Å²) in [5, 5.41) is 6.64. The van der Waals surface area contributed by atoms with Crippen molar-refractivity contribution in [3.05, 3.63) is 42.5 Å². The second kappa shape index (κ2) is 11.2. The lowest BCUT2D eigenvalue weighted by molar-refractivity contribution is -0.131. The Morgan fingerprint density at radius 2 is 1.78 bits per heavy atom. The van der Waals surface area contributed by atoms with Gasteiger partial charge in [0.2, 0.25) is 5.91 Å². The van der Waals surface area contributed by atoms with Gasteiger partial charge in [-0.3, -0.25) is 9.79 Å². The minimum absolute atomic E-state index is 0. The van der Waals surface area contributed by atoms with Crippen molar-refractivity contribution in [2.75, 3.05) is 44.7 Å². The second-order valence-corrected chi connectivity index (χ2v) is 6.74. The van der Waals surface area contributed by atoms with Crippen LogP contribution in [0.5, 0.6) is 0 Å². The fourth-order valence-corrected chi connectivity index (χ4v) is 3.42. The Morgan fingerprint density at radius 1 is 1.11 bits per heavy atom. The Hall–Kier alpha value is -1.77. The predicted molar refractivity (Wildman–Crippen MR) is 122 cm³/mol. The van der Waals surface area contributed by atoms with E-state index in [4.69, 9.17) is 0 Å². The normalized spacial score (nSPS) is 17.6. The first-order valence-corrected chi connectivity index (χ1v) is 9.46. The highest BCUT2D eigenvalue weighted by Gasteiger charge is 2.21. The summed E-state index contributed by atoms with van der Waals surface area (Å²) in [7, 11) is 1.77. The average Bonchev–Trinajstić information content (AvgIpc) is 3.21. The summed E-state index contributed by atoms with van der Waals surface area (Å²) in [4.78, 5) is 21.0. The number of para-hydroxylation sites is 1. The van der Waals surface area contributed by atoms with Crippen LogP contribution in [-0.4, -0.2) is 62.6 Å². The third-order valence-electron chi connectivity index (χ3n) is 4.96. The van der Waals surface area contributed by atoms with Crippen molar-refractivity contribution in [1.82, 2.24) is 15.5 Å². The number of carbonyl (C=O) groups is 1. The van der Waals surface area contributed by atoms with Crippen LogP contribution < -0.4 is 15.5 Å². The van der Waals surface area contributed by atoms with E-state index < -0.39 is 0 Å². The Morgan fingerprint density at radius 3 is 2.41 bits per heavy atom. The van der Waals surface area contributed by atoms with E-state index in [1.165, 1.54) is 5.69 Å². The molecule has 7 heteroatoms. The molecule has 0 saturated carbocycles. The number of piperazine rings is 1. The van der Waals surface area contributed by atoms with Crippen molar-refractivity contribution in [3.63, 3.8) is 0 Å². The number of hydrogen-bond acceptors (Lipinski definition) is 3. The maximum absolute atomic E-state index is 12.5. The number of halogens is 1. The van der Waals surface area contributed by atoms with Gasteiger partial charge in [-0.25, -0.2) is 0 Å². The van der Waals surface area contributed by atoms with Crippen LogP contribution in [0.25, 0.3) is 0 Å². The molecule has 1 aromatic rings. The molecular formula is C20H30IN5O. The second-order valence-electron chi connectivity index (χ2n) is 6.74. The zero-order valence-electron chi connectivity index (χ0n) is 15.9. The fraction of sp³-hybridized carbons (Fsp3) is 0.500. The topological polar surface area (TPSA) is 60.0 Å². The highest BCUT2D eigenvalue weighted by molar-refractivity contribution is 14.0. The van der Waals surface area contributed by atoms with Crippen molar-refractivity contribution >= 4 is 41.5 Å². The summed E-state index contributed by atoms with van der Waals surface area (Å²) in [6, 6.07) is 10.8. The molecular weight excluding hydrogens is 453 g/mol. The first-order valence-electron chi connectivity index (χ1n) is 9.46. The van der Waals surface area contributed by atoms with Gasteiger partial charge in [-0.2, -0.15) is 0 Å². The van der Waals surface area contributed by atoms with Gasteiger partial charge in [0, 0.05) is 57.9 Å². The van der Waals surface area contributed by atoms with E-state index in [0.29, 0.717) is 19.0 Å². The summed E-state index contributed by atoms with van der Waals surface area (Å²) in [5.41, 5.74) is 1.23. The van der Waals surface area contributed by atoms with Gasteiger partial charge in [-0.1, -0.05) is 30.4 Å². The molecule has 148 valence electrons. The summed E-state index contributed by atoms with van der Waals surface area (Å²) in [6.45, 7) is 3.96. The van der Waals surface area contributed by atoms with Crippen molar-refractivity contribution in [3.8, 4) is 0 Å². The molecule has 0 atom stereocenters. The number of rotatable bonds is 5. The molecule has 0 spiro atoms. The van der Waals surface area contributed by atoms with Crippen molar-refractivity contribution in [1.29, 1.82) is 0 Å². The summed E-state index contributed by atoms with van der Waals surface area (Å²) in [6.07, 6.45) is 6.93. The first kappa shape index (κ1) is 21.5. The quantitative estimate of drug-likeness (QED) is 0.292. The van der Waals surface area contributed by atoms with Crippen LogP contribution >= 0.6 is 24.0 Å². The minimum Gasteiger partial charge on any atom is -0.368 e. The number of carbonyl (C=O) groups excluding carboxylic acids is 1. The van der Waals surface area contributed by atoms with Crippen LogP contribution in [-0.2, 0) is 4.79 Å². The zero-order valence-corrected chi connectivity index (χ0v) is 18.3. The lowest BCUT2D eigenvalue weighted by Gasteiger charge is -2.36. The van der Waals surface area contributed by atoms with Crippen molar-refractivity contribution < 1.29 is 4.79 Å². The molecule has 0 aromatic heterocycles. The Kier molecular flexibility index (Phi) is 8.90. The molecule has 27 heavy (non-hydrogen) atoms. The SMILES string of the molecule is CN=C(NCCC(=O)N1CCN(c2ccccc2)CC1)NC1CC=CC1.I. The number of amides is 1. The maximum atomic E-state index is 12.5. The summed E-state index contributed by atoms with van der Waals surface area (Å²) in [5.74, 6) is 0.989. The minimum atomic E-state index is 0. The third-order valence-corrected chi connectivity index (χ3v) is 4.96. The molecule has 0 radical (unpaired) electrons. The highest BCUT2D eigenvalue weighted by atomic mass is 127. The molecule has 6 nitrogen and oxygen atoms in total. The number of nitrogens with one attached hydrogen (secondary N) is 2. The Balaban J connectivity index is 0.00000261. The molecule has 1 heterocycles. The van der Waals surface area contributed by atoms with Crippen molar-refractivity contribution in [2.24, 2.45) is 4.99 Å². The van der Waals surface area contributed by atoms with Crippen LogP contribution in [0.4, 0.5) is 5.69 Å².